The minimum absolute atomic E-state index is 0.0407. The number of pyridine rings is 1. The van der Waals surface area contributed by atoms with Gasteiger partial charge in [0.05, 0.1) is 5.56 Å². The first-order valence-electron chi connectivity index (χ1n) is 2.58. The summed E-state index contributed by atoms with van der Waals surface area (Å²) in [4.78, 5) is 3.55. The van der Waals surface area contributed by atoms with Gasteiger partial charge in [0.25, 0.3) is 0 Å². The Morgan fingerprint density at radius 2 is 2.40 bits per heavy atom. The van der Waals surface area contributed by atoms with Gasteiger partial charge in [-0.15, -0.1) is 0 Å². The van der Waals surface area contributed by atoms with Gasteiger partial charge in [-0.3, -0.25) is 0 Å². The summed E-state index contributed by atoms with van der Waals surface area (Å²) in [5.74, 6) is -0.113. The van der Waals surface area contributed by atoms with Crippen LogP contribution in [0.15, 0.2) is 12.3 Å². The van der Waals surface area contributed by atoms with Crippen molar-refractivity contribution in [1.82, 2.24) is 4.98 Å². The highest BCUT2D eigenvalue weighted by atomic mass is 16.3. The molecule has 3 N–H and O–H groups in total. The molecule has 4 nitrogen and oxygen atoms in total. The van der Waals surface area contributed by atoms with Crippen LogP contribution in [0.25, 0.3) is 0 Å². The van der Waals surface area contributed by atoms with Gasteiger partial charge in [-0.2, -0.15) is 5.26 Å². The molecule has 0 spiro atoms. The van der Waals surface area contributed by atoms with Crippen LogP contribution in [0.3, 0.4) is 0 Å². The van der Waals surface area contributed by atoms with E-state index < -0.39 is 0 Å². The van der Waals surface area contributed by atoms with Gasteiger partial charge in [-0.05, 0) is 0 Å². The minimum atomic E-state index is -0.154. The maximum atomic E-state index is 8.89. The fraction of sp³-hybridized carbons (Fsp3) is 0. The molecule has 0 fully saturated rings. The number of nitriles is 1. The van der Waals surface area contributed by atoms with Crippen LogP contribution in [-0.2, 0) is 0 Å². The molecule has 0 saturated heterocycles. The summed E-state index contributed by atoms with van der Waals surface area (Å²) in [6.45, 7) is 0. The monoisotopic (exact) mass is 135 g/mol. The molecule has 1 rings (SSSR count). The van der Waals surface area contributed by atoms with Crippen LogP contribution in [-0.4, -0.2) is 10.1 Å². The van der Waals surface area contributed by atoms with Crippen LogP contribution in [0.1, 0.15) is 5.56 Å². The molecule has 0 atom stereocenters. The molecule has 4 heteroatoms. The molecule has 10 heavy (non-hydrogen) atoms. The first kappa shape index (κ1) is 6.36. The first-order valence-corrected chi connectivity index (χ1v) is 2.58. The molecular weight excluding hydrogens is 130 g/mol. The predicted molar refractivity (Wildman–Crippen MR) is 35.0 cm³/mol. The quantitative estimate of drug-likeness (QED) is 0.533. The molecule has 0 radical (unpaired) electrons. The third kappa shape index (κ3) is 0.977. The third-order valence-electron chi connectivity index (χ3n) is 1.03. The number of hydrogen-bond acceptors (Lipinski definition) is 4. The summed E-state index contributed by atoms with van der Waals surface area (Å²) >= 11 is 0. The number of nitrogens with two attached hydrogens (primary N) is 1. The zero-order valence-corrected chi connectivity index (χ0v) is 5.07. The van der Waals surface area contributed by atoms with E-state index in [9.17, 15) is 0 Å². The molecule has 0 saturated carbocycles. The van der Waals surface area contributed by atoms with Gasteiger partial charge in [0.1, 0.15) is 6.07 Å². The average Bonchev–Trinajstić information content (AvgIpc) is 1.95. The van der Waals surface area contributed by atoms with Crippen molar-refractivity contribution in [3.05, 3.63) is 17.8 Å². The summed E-state index contributed by atoms with van der Waals surface area (Å²) in [6, 6.07) is 3.08. The lowest BCUT2D eigenvalue weighted by molar-refractivity contribution is 0.475. The van der Waals surface area contributed by atoms with Crippen LogP contribution < -0.4 is 5.73 Å². The van der Waals surface area contributed by atoms with Gasteiger partial charge in [0.15, 0.2) is 11.6 Å². The van der Waals surface area contributed by atoms with E-state index in [-0.39, 0.29) is 11.6 Å². The molecule has 50 valence electrons. The minimum Gasteiger partial charge on any atom is -0.504 e. The van der Waals surface area contributed by atoms with Crippen molar-refractivity contribution in [2.75, 3.05) is 5.73 Å². The van der Waals surface area contributed by atoms with E-state index in [4.69, 9.17) is 16.1 Å². The van der Waals surface area contributed by atoms with Gasteiger partial charge in [0, 0.05) is 12.3 Å². The average molecular weight is 135 g/mol. The van der Waals surface area contributed by atoms with Crippen molar-refractivity contribution >= 4 is 5.82 Å². The molecule has 0 aliphatic heterocycles. The van der Waals surface area contributed by atoms with E-state index in [1.54, 1.807) is 0 Å². The van der Waals surface area contributed by atoms with Crippen LogP contribution in [0.2, 0.25) is 0 Å². The van der Waals surface area contributed by atoms with Gasteiger partial charge >= 0.3 is 0 Å². The highest BCUT2D eigenvalue weighted by molar-refractivity contribution is 5.48. The summed E-state index contributed by atoms with van der Waals surface area (Å²) in [5.41, 5.74) is 5.47. The molecule has 1 heterocycles. The van der Waals surface area contributed by atoms with Crippen molar-refractivity contribution < 1.29 is 5.11 Å². The molecule has 0 aromatic carbocycles. The van der Waals surface area contributed by atoms with Crippen LogP contribution in [0.5, 0.6) is 5.75 Å². The predicted octanol–water partition coefficient (Wildman–Crippen LogP) is 0.241. The van der Waals surface area contributed by atoms with Crippen LogP contribution in [0.4, 0.5) is 5.82 Å². The largest absolute Gasteiger partial charge is 0.504 e. The number of anilines is 1. The molecule has 1 aromatic heterocycles. The third-order valence-corrected chi connectivity index (χ3v) is 1.03. The van der Waals surface area contributed by atoms with Crippen LogP contribution >= 0.6 is 0 Å². The number of aromatic nitrogens is 1. The highest BCUT2D eigenvalue weighted by Crippen LogP contribution is 2.16. The Hall–Kier alpha value is -1.76. The molecule has 1 aromatic rings. The zero-order valence-electron chi connectivity index (χ0n) is 5.07. The lowest BCUT2D eigenvalue weighted by atomic mass is 10.3. The summed E-state index contributed by atoms with van der Waals surface area (Å²) in [6.07, 6.45) is 1.30. The van der Waals surface area contributed by atoms with E-state index in [1.807, 2.05) is 6.07 Å². The van der Waals surface area contributed by atoms with Crippen molar-refractivity contribution in [2.24, 2.45) is 0 Å². The number of nitrogen functional groups attached to an aromatic ring is 1. The Morgan fingerprint density at radius 1 is 1.70 bits per heavy atom. The second-order valence-electron chi connectivity index (χ2n) is 1.74. The summed E-state index contributed by atoms with van der Waals surface area (Å²) < 4.78 is 0. The van der Waals surface area contributed by atoms with Gasteiger partial charge in [0.2, 0.25) is 0 Å². The van der Waals surface area contributed by atoms with Crippen molar-refractivity contribution in [3.63, 3.8) is 0 Å². The Morgan fingerprint density at radius 3 is 2.90 bits per heavy atom. The SMILES string of the molecule is N#Cc1cnc(N)c(O)c1. The Labute approximate surface area is 57.5 Å². The zero-order chi connectivity index (χ0) is 7.56. The van der Waals surface area contributed by atoms with E-state index in [0.717, 1.165) is 0 Å². The molecular formula is C6H5N3O. The standard InChI is InChI=1S/C6H5N3O/c7-2-4-1-5(10)6(8)9-3-4/h1,3,10H,(H2,8,9). The Balaban J connectivity index is 3.20. The fourth-order valence-corrected chi connectivity index (χ4v) is 0.525. The maximum absolute atomic E-state index is 8.89. The van der Waals surface area contributed by atoms with Crippen molar-refractivity contribution in [3.8, 4) is 11.8 Å². The first-order chi connectivity index (χ1) is 4.74. The van der Waals surface area contributed by atoms with Gasteiger partial charge in [-0.25, -0.2) is 4.98 Å². The van der Waals surface area contributed by atoms with E-state index >= 15 is 0 Å². The Kier molecular flexibility index (Phi) is 1.42. The number of hydrogen-bond donors (Lipinski definition) is 2. The number of aromatic hydroxyl groups is 1. The molecule has 0 aliphatic rings. The summed E-state index contributed by atoms with van der Waals surface area (Å²) in [7, 11) is 0. The lowest BCUT2D eigenvalue weighted by Crippen LogP contribution is -1.90. The molecule has 0 bridgehead atoms. The van der Waals surface area contributed by atoms with Crippen LogP contribution in [0, 0.1) is 11.3 Å². The molecule has 0 amide bonds. The Bertz CT molecular complexity index is 290. The second kappa shape index (κ2) is 2.23. The topological polar surface area (TPSA) is 82.9 Å². The van der Waals surface area contributed by atoms with E-state index in [0.29, 0.717) is 5.56 Å². The van der Waals surface area contributed by atoms with Crippen molar-refractivity contribution in [2.45, 2.75) is 0 Å². The maximum Gasteiger partial charge on any atom is 0.165 e. The normalized spacial score (nSPS) is 8.70. The van der Waals surface area contributed by atoms with Gasteiger partial charge < -0.3 is 10.8 Å². The smallest absolute Gasteiger partial charge is 0.165 e. The molecule has 0 unspecified atom stereocenters. The van der Waals surface area contributed by atoms with Gasteiger partial charge in [-0.1, -0.05) is 0 Å². The molecule has 0 aliphatic carbocycles. The number of rotatable bonds is 0. The van der Waals surface area contributed by atoms with E-state index in [1.165, 1.54) is 12.3 Å². The van der Waals surface area contributed by atoms with E-state index in [2.05, 4.69) is 4.98 Å². The second-order valence-corrected chi connectivity index (χ2v) is 1.74. The number of nitrogens with zero attached hydrogens (tertiary/aromatic N) is 2. The highest BCUT2D eigenvalue weighted by Gasteiger charge is 1.97. The fourth-order valence-electron chi connectivity index (χ4n) is 0.525. The van der Waals surface area contributed by atoms with Crippen molar-refractivity contribution in [1.29, 1.82) is 5.26 Å². The summed E-state index contributed by atoms with van der Waals surface area (Å²) in [5, 5.41) is 17.2. The lowest BCUT2D eigenvalue weighted by Gasteiger charge is -1.94.